The van der Waals surface area contributed by atoms with E-state index in [4.69, 9.17) is 0 Å². The summed E-state index contributed by atoms with van der Waals surface area (Å²) in [7, 11) is -1.02. The molecule has 0 nitrogen and oxygen atoms in total. The fourth-order valence-corrected chi connectivity index (χ4v) is 11.1. The molecule has 0 aliphatic heterocycles. The molecular weight excluding hydrogens is 256 g/mol. The van der Waals surface area contributed by atoms with E-state index in [2.05, 4.69) is 25.2 Å². The topological polar surface area (TPSA) is 0 Å². The van der Waals surface area contributed by atoms with Crippen molar-refractivity contribution in [1.29, 1.82) is 0 Å². The van der Waals surface area contributed by atoms with Crippen LogP contribution in [-0.4, -0.2) is 8.07 Å². The number of rotatable bonds is 3. The fraction of sp³-hybridized carbons (Fsp3) is 0.895. The van der Waals surface area contributed by atoms with Crippen LogP contribution in [0.25, 0.3) is 0 Å². The molecular formula is C19H32Si. The molecule has 0 radical (unpaired) electrons. The van der Waals surface area contributed by atoms with Gasteiger partial charge in [-0.1, -0.05) is 57.0 Å². The maximum absolute atomic E-state index is 2.74. The van der Waals surface area contributed by atoms with Gasteiger partial charge in [-0.15, -0.1) is 0 Å². The van der Waals surface area contributed by atoms with Gasteiger partial charge in [0.15, 0.2) is 0 Å². The summed E-state index contributed by atoms with van der Waals surface area (Å²) >= 11 is 0. The molecule has 6 unspecified atom stereocenters. The van der Waals surface area contributed by atoms with Crippen LogP contribution in [0, 0.1) is 29.6 Å². The van der Waals surface area contributed by atoms with Crippen molar-refractivity contribution in [3.63, 3.8) is 0 Å². The maximum atomic E-state index is 2.74. The number of allylic oxidation sites excluding steroid dienone is 2. The van der Waals surface area contributed by atoms with Gasteiger partial charge in [-0.25, -0.2) is 0 Å². The van der Waals surface area contributed by atoms with Crippen molar-refractivity contribution >= 4 is 8.07 Å². The molecule has 0 heterocycles. The Kier molecular flexibility index (Phi) is 3.40. The summed E-state index contributed by atoms with van der Waals surface area (Å²) in [6.07, 6.45) is 17.6. The first-order valence-electron chi connectivity index (χ1n) is 9.32. The van der Waals surface area contributed by atoms with Crippen LogP contribution in [0.3, 0.4) is 0 Å². The fourth-order valence-electron chi connectivity index (χ4n) is 6.62. The van der Waals surface area contributed by atoms with Gasteiger partial charge < -0.3 is 0 Å². The second kappa shape index (κ2) is 5.00. The predicted octanol–water partition coefficient (Wildman–Crippen LogP) is 5.88. The second-order valence-electron chi connectivity index (χ2n) is 9.13. The number of hydrogen-bond donors (Lipinski definition) is 0. The van der Waals surface area contributed by atoms with Crippen molar-refractivity contribution in [2.45, 2.75) is 76.0 Å². The minimum absolute atomic E-state index is 0.975. The molecule has 1 heteroatoms. The zero-order valence-electron chi connectivity index (χ0n) is 13.5. The molecule has 0 amide bonds. The second-order valence-corrected chi connectivity index (χ2v) is 14.3. The highest BCUT2D eigenvalue weighted by molar-refractivity contribution is 6.79. The van der Waals surface area contributed by atoms with Crippen LogP contribution < -0.4 is 0 Å². The van der Waals surface area contributed by atoms with Gasteiger partial charge in [0.2, 0.25) is 0 Å². The Morgan fingerprint density at radius 1 is 0.950 bits per heavy atom. The zero-order valence-corrected chi connectivity index (χ0v) is 14.5. The van der Waals surface area contributed by atoms with Gasteiger partial charge in [0.05, 0.1) is 8.07 Å². The van der Waals surface area contributed by atoms with Crippen molar-refractivity contribution in [1.82, 2.24) is 0 Å². The highest BCUT2D eigenvalue weighted by Crippen LogP contribution is 2.56. The summed E-state index contributed by atoms with van der Waals surface area (Å²) in [5.74, 6) is 5.38. The molecule has 112 valence electrons. The summed E-state index contributed by atoms with van der Waals surface area (Å²) in [6, 6.07) is 1.66. The molecule has 6 atom stereocenters. The smallest absolute Gasteiger partial charge is 0.0513 e. The molecule has 3 saturated carbocycles. The highest BCUT2D eigenvalue weighted by Gasteiger charge is 2.47. The standard InChI is InChI=1S/C19H32Si/c1-20(2,19-12-14-7-8-16(19)11-14)13-17-10-9-15-5-3-4-6-18(15)17/h7-8,14-19H,3-6,9-13H2,1-2H3. The lowest BCUT2D eigenvalue weighted by atomic mass is 9.78. The lowest BCUT2D eigenvalue weighted by Crippen LogP contribution is -2.38. The van der Waals surface area contributed by atoms with Gasteiger partial charge in [-0.2, -0.15) is 0 Å². The quantitative estimate of drug-likeness (QED) is 0.449. The number of hydrogen-bond acceptors (Lipinski definition) is 0. The summed E-state index contributed by atoms with van der Waals surface area (Å²) in [5, 5.41) is 0. The molecule has 0 spiro atoms. The van der Waals surface area contributed by atoms with Crippen LogP contribution in [0.1, 0.15) is 51.4 Å². The molecule has 4 aliphatic carbocycles. The third-order valence-corrected chi connectivity index (χ3v) is 11.8. The van der Waals surface area contributed by atoms with E-state index in [1.807, 2.05) is 0 Å². The SMILES string of the molecule is C[Si](C)(CC1CCC2CCCCC21)C1CC2C=CC1C2. The molecule has 20 heavy (non-hydrogen) atoms. The highest BCUT2D eigenvalue weighted by atomic mass is 28.3. The van der Waals surface area contributed by atoms with Crippen LogP contribution in [-0.2, 0) is 0 Å². The Hall–Kier alpha value is -0.0431. The lowest BCUT2D eigenvalue weighted by molar-refractivity contribution is 0.236. The van der Waals surface area contributed by atoms with Crippen molar-refractivity contribution in [3.8, 4) is 0 Å². The molecule has 4 rings (SSSR count). The van der Waals surface area contributed by atoms with E-state index in [9.17, 15) is 0 Å². The van der Waals surface area contributed by atoms with Crippen LogP contribution in [0.2, 0.25) is 24.7 Å². The first-order chi connectivity index (χ1) is 9.63. The summed E-state index contributed by atoms with van der Waals surface area (Å²) in [4.78, 5) is 0. The third-order valence-electron chi connectivity index (χ3n) is 7.55. The molecule has 3 fully saturated rings. The van der Waals surface area contributed by atoms with E-state index in [1.54, 1.807) is 38.1 Å². The maximum Gasteiger partial charge on any atom is 0.0513 e. The molecule has 0 saturated heterocycles. The predicted molar refractivity (Wildman–Crippen MR) is 89.6 cm³/mol. The van der Waals surface area contributed by atoms with E-state index in [0.717, 1.165) is 35.1 Å². The summed E-state index contributed by atoms with van der Waals surface area (Å²) < 4.78 is 0. The first-order valence-corrected chi connectivity index (χ1v) is 12.6. The summed E-state index contributed by atoms with van der Waals surface area (Å²) in [5.41, 5.74) is 1.13. The van der Waals surface area contributed by atoms with Crippen molar-refractivity contribution < 1.29 is 0 Å². The number of fused-ring (bicyclic) bond motifs is 3. The van der Waals surface area contributed by atoms with Gasteiger partial charge in [0.1, 0.15) is 0 Å². The lowest BCUT2D eigenvalue weighted by Gasteiger charge is -2.39. The molecule has 4 aliphatic rings. The van der Waals surface area contributed by atoms with Crippen LogP contribution in [0.4, 0.5) is 0 Å². The van der Waals surface area contributed by atoms with Gasteiger partial charge in [0, 0.05) is 0 Å². The van der Waals surface area contributed by atoms with Crippen molar-refractivity contribution in [3.05, 3.63) is 12.2 Å². The largest absolute Gasteiger partial charge is 0.0851 e. The van der Waals surface area contributed by atoms with E-state index >= 15 is 0 Å². The Labute approximate surface area is 126 Å². The van der Waals surface area contributed by atoms with Gasteiger partial charge in [-0.3, -0.25) is 0 Å². The minimum atomic E-state index is -1.02. The monoisotopic (exact) mass is 288 g/mol. The van der Waals surface area contributed by atoms with Crippen LogP contribution in [0.15, 0.2) is 12.2 Å². The molecule has 0 aromatic rings. The zero-order chi connectivity index (χ0) is 13.7. The van der Waals surface area contributed by atoms with Gasteiger partial charge in [0.25, 0.3) is 0 Å². The third kappa shape index (κ3) is 2.25. The summed E-state index contributed by atoms with van der Waals surface area (Å²) in [6.45, 7) is 5.48. The van der Waals surface area contributed by atoms with Crippen LogP contribution in [0.5, 0.6) is 0 Å². The molecule has 0 aromatic carbocycles. The molecule has 0 N–H and O–H groups in total. The Morgan fingerprint density at radius 2 is 1.80 bits per heavy atom. The van der Waals surface area contributed by atoms with E-state index < -0.39 is 8.07 Å². The van der Waals surface area contributed by atoms with Crippen molar-refractivity contribution in [2.75, 3.05) is 0 Å². The van der Waals surface area contributed by atoms with E-state index in [0.29, 0.717) is 0 Å². The van der Waals surface area contributed by atoms with E-state index in [-0.39, 0.29) is 0 Å². The van der Waals surface area contributed by atoms with Crippen LogP contribution >= 0.6 is 0 Å². The Morgan fingerprint density at radius 3 is 2.55 bits per heavy atom. The van der Waals surface area contributed by atoms with Crippen molar-refractivity contribution in [2.24, 2.45) is 29.6 Å². The molecule has 0 aromatic heterocycles. The molecule has 2 bridgehead atoms. The average Bonchev–Trinajstić information content (AvgIpc) is 3.14. The Bertz CT molecular complexity index is 397. The van der Waals surface area contributed by atoms with Gasteiger partial charge in [-0.05, 0) is 60.8 Å². The van der Waals surface area contributed by atoms with Gasteiger partial charge >= 0.3 is 0 Å². The normalized spacial score (nSPS) is 46.9. The average molecular weight is 289 g/mol. The Balaban J connectivity index is 1.44. The first kappa shape index (κ1) is 13.6. The minimum Gasteiger partial charge on any atom is -0.0851 e. The van der Waals surface area contributed by atoms with E-state index in [1.165, 1.54) is 19.3 Å².